The standard InChI is InChI=1S/C17H21NO5/c1-3-22-17(20)7-5-4-6-12-10-16(23-18-12)14-9-8-13(21-2)11-15(14)19/h8-11,19H,3-7H2,1-2H3. The van der Waals surface area contributed by atoms with E-state index in [-0.39, 0.29) is 11.7 Å². The van der Waals surface area contributed by atoms with Gasteiger partial charge in [0.05, 0.1) is 25.0 Å². The van der Waals surface area contributed by atoms with Crippen molar-refractivity contribution in [1.82, 2.24) is 5.16 Å². The Bertz CT molecular complexity index is 650. The van der Waals surface area contributed by atoms with Crippen molar-refractivity contribution in [2.75, 3.05) is 13.7 Å². The van der Waals surface area contributed by atoms with E-state index in [0.717, 1.165) is 18.5 Å². The number of aromatic nitrogens is 1. The summed E-state index contributed by atoms with van der Waals surface area (Å²) in [5.41, 5.74) is 1.36. The lowest BCUT2D eigenvalue weighted by atomic mass is 10.1. The molecule has 1 aromatic heterocycles. The van der Waals surface area contributed by atoms with Gasteiger partial charge < -0.3 is 19.1 Å². The number of phenols is 1. The number of ether oxygens (including phenoxy) is 2. The molecule has 0 saturated heterocycles. The van der Waals surface area contributed by atoms with Crippen LogP contribution in [-0.2, 0) is 16.0 Å². The molecule has 6 nitrogen and oxygen atoms in total. The first kappa shape index (κ1) is 16.9. The lowest BCUT2D eigenvalue weighted by Gasteiger charge is -2.03. The molecule has 0 unspecified atom stereocenters. The fourth-order valence-corrected chi connectivity index (χ4v) is 2.21. The fourth-order valence-electron chi connectivity index (χ4n) is 2.21. The molecule has 0 fully saturated rings. The number of hydrogen-bond acceptors (Lipinski definition) is 6. The van der Waals surface area contributed by atoms with E-state index in [1.807, 2.05) is 0 Å². The summed E-state index contributed by atoms with van der Waals surface area (Å²) in [5.74, 6) is 0.987. The Kier molecular flexibility index (Phi) is 6.02. The second kappa shape index (κ2) is 8.22. The predicted molar refractivity (Wildman–Crippen MR) is 84.3 cm³/mol. The van der Waals surface area contributed by atoms with Gasteiger partial charge in [0.1, 0.15) is 11.5 Å². The van der Waals surface area contributed by atoms with Gasteiger partial charge in [-0.25, -0.2) is 0 Å². The monoisotopic (exact) mass is 319 g/mol. The lowest BCUT2D eigenvalue weighted by molar-refractivity contribution is -0.143. The number of esters is 1. The maximum Gasteiger partial charge on any atom is 0.305 e. The fraction of sp³-hybridized carbons (Fsp3) is 0.412. The summed E-state index contributed by atoms with van der Waals surface area (Å²) in [4.78, 5) is 11.2. The maximum absolute atomic E-state index is 11.2. The average Bonchev–Trinajstić information content (AvgIpc) is 3.00. The number of aromatic hydroxyl groups is 1. The molecule has 2 aromatic rings. The highest BCUT2D eigenvalue weighted by atomic mass is 16.5. The quantitative estimate of drug-likeness (QED) is 0.593. The van der Waals surface area contributed by atoms with E-state index >= 15 is 0 Å². The van der Waals surface area contributed by atoms with Gasteiger partial charge in [-0.1, -0.05) is 5.16 Å². The SMILES string of the molecule is CCOC(=O)CCCCc1cc(-c2ccc(OC)cc2O)on1. The first-order chi connectivity index (χ1) is 11.1. The van der Waals surface area contributed by atoms with Crippen LogP contribution in [0.1, 0.15) is 31.9 Å². The summed E-state index contributed by atoms with van der Waals surface area (Å²) in [6.45, 7) is 2.21. The first-order valence-electron chi connectivity index (χ1n) is 7.62. The maximum atomic E-state index is 11.2. The molecule has 0 spiro atoms. The van der Waals surface area contributed by atoms with Gasteiger partial charge in [-0.2, -0.15) is 0 Å². The molecule has 0 aliphatic rings. The molecular weight excluding hydrogens is 298 g/mol. The molecule has 2 rings (SSSR count). The van der Waals surface area contributed by atoms with Crippen LogP contribution < -0.4 is 4.74 Å². The minimum Gasteiger partial charge on any atom is -0.507 e. The van der Waals surface area contributed by atoms with E-state index in [1.54, 1.807) is 25.1 Å². The number of carbonyl (C=O) groups is 1. The highest BCUT2D eigenvalue weighted by Crippen LogP contribution is 2.32. The van der Waals surface area contributed by atoms with Crippen LogP contribution in [0.15, 0.2) is 28.8 Å². The number of methoxy groups -OCH3 is 1. The van der Waals surface area contributed by atoms with Crippen LogP contribution in [-0.4, -0.2) is 29.9 Å². The number of benzene rings is 1. The first-order valence-corrected chi connectivity index (χ1v) is 7.62. The third-order valence-electron chi connectivity index (χ3n) is 3.40. The van der Waals surface area contributed by atoms with E-state index in [4.69, 9.17) is 14.0 Å². The topological polar surface area (TPSA) is 81.8 Å². The zero-order valence-electron chi connectivity index (χ0n) is 13.4. The lowest BCUT2D eigenvalue weighted by Crippen LogP contribution is -2.03. The van der Waals surface area contributed by atoms with Gasteiger partial charge in [-0.05, 0) is 38.3 Å². The minimum absolute atomic E-state index is 0.0781. The number of rotatable bonds is 8. The molecule has 1 aromatic carbocycles. The summed E-state index contributed by atoms with van der Waals surface area (Å²) in [5, 5.41) is 14.0. The molecule has 0 saturated carbocycles. The van der Waals surface area contributed by atoms with Crippen LogP contribution in [0.25, 0.3) is 11.3 Å². The van der Waals surface area contributed by atoms with Crippen LogP contribution in [0.3, 0.4) is 0 Å². The molecule has 0 atom stereocenters. The molecule has 0 bridgehead atoms. The molecule has 6 heteroatoms. The van der Waals surface area contributed by atoms with Gasteiger partial charge in [0.2, 0.25) is 0 Å². The van der Waals surface area contributed by atoms with Crippen molar-refractivity contribution in [3.63, 3.8) is 0 Å². The van der Waals surface area contributed by atoms with E-state index in [9.17, 15) is 9.90 Å². The van der Waals surface area contributed by atoms with Crippen molar-refractivity contribution in [2.45, 2.75) is 32.6 Å². The van der Waals surface area contributed by atoms with Gasteiger partial charge in [0.25, 0.3) is 0 Å². The Hall–Kier alpha value is -2.50. The van der Waals surface area contributed by atoms with Crippen LogP contribution >= 0.6 is 0 Å². The van der Waals surface area contributed by atoms with Crippen molar-refractivity contribution >= 4 is 5.97 Å². The summed E-state index contributed by atoms with van der Waals surface area (Å²) < 4.78 is 15.2. The molecule has 23 heavy (non-hydrogen) atoms. The van der Waals surface area contributed by atoms with Crippen LogP contribution in [0.2, 0.25) is 0 Å². The molecule has 0 amide bonds. The highest BCUT2D eigenvalue weighted by Gasteiger charge is 2.12. The van der Waals surface area contributed by atoms with E-state index in [1.165, 1.54) is 13.2 Å². The summed E-state index contributed by atoms with van der Waals surface area (Å²) in [6.07, 6.45) is 2.69. The molecule has 0 aliphatic heterocycles. The number of carbonyl (C=O) groups excluding carboxylic acids is 1. The van der Waals surface area contributed by atoms with Crippen molar-refractivity contribution < 1.29 is 23.9 Å². The van der Waals surface area contributed by atoms with Gasteiger partial charge in [0, 0.05) is 18.6 Å². The molecule has 0 radical (unpaired) electrons. The number of nitrogens with zero attached hydrogens (tertiary/aromatic N) is 1. The zero-order valence-corrected chi connectivity index (χ0v) is 13.4. The van der Waals surface area contributed by atoms with Crippen molar-refractivity contribution in [3.8, 4) is 22.8 Å². The predicted octanol–water partition coefficient (Wildman–Crippen LogP) is 3.33. The molecule has 124 valence electrons. The van der Waals surface area contributed by atoms with Crippen LogP contribution in [0.4, 0.5) is 0 Å². The normalized spacial score (nSPS) is 10.5. The number of aryl methyl sites for hydroxylation is 1. The van der Waals surface area contributed by atoms with Crippen LogP contribution in [0.5, 0.6) is 11.5 Å². The van der Waals surface area contributed by atoms with E-state index in [2.05, 4.69) is 5.16 Å². The van der Waals surface area contributed by atoms with Crippen molar-refractivity contribution in [2.24, 2.45) is 0 Å². The summed E-state index contributed by atoms with van der Waals surface area (Å²) >= 11 is 0. The Morgan fingerprint density at radius 1 is 1.30 bits per heavy atom. The van der Waals surface area contributed by atoms with Gasteiger partial charge in [-0.3, -0.25) is 4.79 Å². The van der Waals surface area contributed by atoms with Gasteiger partial charge in [-0.15, -0.1) is 0 Å². The Balaban J connectivity index is 1.89. The minimum atomic E-state index is -0.170. The Morgan fingerprint density at radius 3 is 2.83 bits per heavy atom. The third-order valence-corrected chi connectivity index (χ3v) is 3.40. The van der Waals surface area contributed by atoms with Gasteiger partial charge in [0.15, 0.2) is 5.76 Å². The summed E-state index contributed by atoms with van der Waals surface area (Å²) in [6, 6.07) is 6.79. The second-order valence-electron chi connectivity index (χ2n) is 5.08. The van der Waals surface area contributed by atoms with Crippen molar-refractivity contribution in [1.29, 1.82) is 0 Å². The Morgan fingerprint density at radius 2 is 2.13 bits per heavy atom. The zero-order chi connectivity index (χ0) is 16.7. The van der Waals surface area contributed by atoms with E-state index in [0.29, 0.717) is 36.5 Å². The number of phenolic OH excluding ortho intramolecular Hbond substituents is 1. The number of hydrogen-bond donors (Lipinski definition) is 1. The highest BCUT2D eigenvalue weighted by molar-refractivity contribution is 5.69. The third kappa shape index (κ3) is 4.74. The average molecular weight is 319 g/mol. The summed E-state index contributed by atoms with van der Waals surface area (Å²) in [7, 11) is 1.54. The van der Waals surface area contributed by atoms with Crippen LogP contribution in [0, 0.1) is 0 Å². The smallest absolute Gasteiger partial charge is 0.305 e. The number of unbranched alkanes of at least 4 members (excludes halogenated alkanes) is 1. The molecule has 1 N–H and O–H groups in total. The largest absolute Gasteiger partial charge is 0.507 e. The van der Waals surface area contributed by atoms with Crippen molar-refractivity contribution in [3.05, 3.63) is 30.0 Å². The molecular formula is C17H21NO5. The molecule has 1 heterocycles. The van der Waals surface area contributed by atoms with Gasteiger partial charge >= 0.3 is 5.97 Å². The second-order valence-corrected chi connectivity index (χ2v) is 5.08. The Labute approximate surface area is 135 Å². The molecule has 0 aliphatic carbocycles. The van der Waals surface area contributed by atoms with E-state index < -0.39 is 0 Å².